The summed E-state index contributed by atoms with van der Waals surface area (Å²) in [6, 6.07) is 2.81. The molecule has 2 atom stereocenters. The maximum absolute atomic E-state index is 13.8. The molecule has 0 radical (unpaired) electrons. The summed E-state index contributed by atoms with van der Waals surface area (Å²) in [6.45, 7) is 2.79. The molecule has 0 bridgehead atoms. The number of rotatable bonds is 2. The Balaban J connectivity index is 1.68. The van der Waals surface area contributed by atoms with Crippen LogP contribution in [0.25, 0.3) is 0 Å². The number of nitrogens with zero attached hydrogens (tertiary/aromatic N) is 1. The molecule has 2 saturated heterocycles. The lowest BCUT2D eigenvalue weighted by Gasteiger charge is -2.50. The predicted octanol–water partition coefficient (Wildman–Crippen LogP) is 1.70. The first kappa shape index (κ1) is 18.2. The number of hydrogen-bond acceptors (Lipinski definition) is 4. The summed E-state index contributed by atoms with van der Waals surface area (Å²) in [7, 11) is 1.81. The van der Waals surface area contributed by atoms with Gasteiger partial charge in [0.25, 0.3) is 5.91 Å². The summed E-state index contributed by atoms with van der Waals surface area (Å²) < 4.78 is 33.1. The standard InChI is InChI=1S/C18H24F2N2O3/c1-17(24)11-25-18(10-15(17)21-2)5-7-22(8-6-18)16(23)13-9-12(19)3-4-14(13)20/h3-4,9,15,21,24H,5-8,10-11H2,1-2H3/t15-,17-/m0/s1. The lowest BCUT2D eigenvalue weighted by molar-refractivity contribution is -0.189. The van der Waals surface area contributed by atoms with Crippen LogP contribution in [-0.4, -0.2) is 59.9 Å². The lowest BCUT2D eigenvalue weighted by atomic mass is 9.77. The minimum atomic E-state index is -0.933. The first-order valence-electron chi connectivity index (χ1n) is 8.54. The zero-order valence-electron chi connectivity index (χ0n) is 14.5. The molecule has 7 heteroatoms. The molecular formula is C18H24F2N2O3. The van der Waals surface area contributed by atoms with Gasteiger partial charge in [0.1, 0.15) is 17.2 Å². The molecule has 2 fully saturated rings. The zero-order valence-corrected chi connectivity index (χ0v) is 14.5. The molecule has 2 aliphatic rings. The quantitative estimate of drug-likeness (QED) is 0.849. The van der Waals surface area contributed by atoms with E-state index in [1.165, 1.54) is 4.90 Å². The van der Waals surface area contributed by atoms with Crippen LogP contribution in [0.2, 0.25) is 0 Å². The summed E-state index contributed by atoms with van der Waals surface area (Å²) in [6.07, 6.45) is 1.85. The molecule has 0 aliphatic carbocycles. The molecule has 1 amide bonds. The number of carbonyl (C=O) groups is 1. The second-order valence-corrected chi connectivity index (χ2v) is 7.29. The Kier molecular flexibility index (Phi) is 4.83. The molecule has 25 heavy (non-hydrogen) atoms. The van der Waals surface area contributed by atoms with Crippen LogP contribution < -0.4 is 5.32 Å². The highest BCUT2D eigenvalue weighted by Crippen LogP contribution is 2.38. The smallest absolute Gasteiger partial charge is 0.256 e. The first-order chi connectivity index (χ1) is 11.8. The average molecular weight is 354 g/mol. The molecule has 2 aliphatic heterocycles. The summed E-state index contributed by atoms with van der Waals surface area (Å²) in [4.78, 5) is 14.0. The fourth-order valence-corrected chi connectivity index (χ4v) is 3.76. The molecular weight excluding hydrogens is 330 g/mol. The van der Waals surface area contributed by atoms with Gasteiger partial charge in [-0.3, -0.25) is 4.79 Å². The minimum Gasteiger partial charge on any atom is -0.386 e. The predicted molar refractivity (Wildman–Crippen MR) is 88.3 cm³/mol. The molecule has 0 unspecified atom stereocenters. The van der Waals surface area contributed by atoms with Gasteiger partial charge in [0.15, 0.2) is 0 Å². The molecule has 2 N–H and O–H groups in total. The molecule has 1 aromatic rings. The number of likely N-dealkylation sites (N-methyl/N-ethyl adjacent to an activating group) is 1. The highest BCUT2D eigenvalue weighted by molar-refractivity contribution is 5.94. The molecule has 1 spiro atoms. The fourth-order valence-electron chi connectivity index (χ4n) is 3.76. The van der Waals surface area contributed by atoms with Crippen molar-refractivity contribution in [3.63, 3.8) is 0 Å². The monoisotopic (exact) mass is 354 g/mol. The van der Waals surface area contributed by atoms with Crippen LogP contribution in [0.1, 0.15) is 36.5 Å². The highest BCUT2D eigenvalue weighted by atomic mass is 19.1. The summed E-state index contributed by atoms with van der Waals surface area (Å²) in [5.41, 5.74) is -1.57. The lowest BCUT2D eigenvalue weighted by Crippen LogP contribution is -2.62. The zero-order chi connectivity index (χ0) is 18.2. The third kappa shape index (κ3) is 3.54. The number of piperidine rings is 1. The van der Waals surface area contributed by atoms with Gasteiger partial charge < -0.3 is 20.1 Å². The molecule has 2 heterocycles. The summed E-state index contributed by atoms with van der Waals surface area (Å²) in [5, 5.41) is 13.5. The van der Waals surface area contributed by atoms with Gasteiger partial charge in [-0.05, 0) is 51.4 Å². The fraction of sp³-hybridized carbons (Fsp3) is 0.611. The van der Waals surface area contributed by atoms with Gasteiger partial charge in [0, 0.05) is 19.1 Å². The van der Waals surface area contributed by atoms with E-state index in [-0.39, 0.29) is 18.2 Å². The molecule has 138 valence electrons. The Hall–Kier alpha value is -1.57. The van der Waals surface area contributed by atoms with E-state index < -0.39 is 28.7 Å². The summed E-state index contributed by atoms with van der Waals surface area (Å²) in [5.74, 6) is -1.85. The molecule has 0 aromatic heterocycles. The van der Waals surface area contributed by atoms with Gasteiger partial charge in [-0.15, -0.1) is 0 Å². The van der Waals surface area contributed by atoms with Crippen LogP contribution in [0.15, 0.2) is 18.2 Å². The maximum Gasteiger partial charge on any atom is 0.256 e. The van der Waals surface area contributed by atoms with Crippen molar-refractivity contribution in [1.82, 2.24) is 10.2 Å². The molecule has 0 saturated carbocycles. The number of ether oxygens (including phenoxy) is 1. The number of likely N-dealkylation sites (tertiary alicyclic amines) is 1. The molecule has 3 rings (SSSR count). The van der Waals surface area contributed by atoms with E-state index in [4.69, 9.17) is 4.74 Å². The number of hydrogen-bond donors (Lipinski definition) is 2. The van der Waals surface area contributed by atoms with Crippen molar-refractivity contribution < 1.29 is 23.4 Å². The highest BCUT2D eigenvalue weighted by Gasteiger charge is 2.48. The van der Waals surface area contributed by atoms with E-state index in [1.54, 1.807) is 6.92 Å². The van der Waals surface area contributed by atoms with Gasteiger partial charge in [0.05, 0.1) is 17.8 Å². The number of nitrogens with one attached hydrogen (secondary N) is 1. The van der Waals surface area contributed by atoms with Crippen molar-refractivity contribution >= 4 is 5.91 Å². The van der Waals surface area contributed by atoms with Crippen LogP contribution >= 0.6 is 0 Å². The topological polar surface area (TPSA) is 61.8 Å². The Morgan fingerprint density at radius 3 is 2.68 bits per heavy atom. The van der Waals surface area contributed by atoms with E-state index in [1.807, 2.05) is 7.05 Å². The third-order valence-electron chi connectivity index (χ3n) is 5.47. The normalized spacial score (nSPS) is 29.0. The van der Waals surface area contributed by atoms with Gasteiger partial charge in [-0.1, -0.05) is 0 Å². The summed E-state index contributed by atoms with van der Waals surface area (Å²) >= 11 is 0. The second-order valence-electron chi connectivity index (χ2n) is 7.29. The Morgan fingerprint density at radius 1 is 1.36 bits per heavy atom. The number of benzene rings is 1. The van der Waals surface area contributed by atoms with Gasteiger partial charge in [-0.2, -0.15) is 0 Å². The van der Waals surface area contributed by atoms with E-state index >= 15 is 0 Å². The second kappa shape index (κ2) is 6.63. The maximum atomic E-state index is 13.8. The van der Waals surface area contributed by atoms with E-state index in [0.29, 0.717) is 32.4 Å². The van der Waals surface area contributed by atoms with E-state index in [9.17, 15) is 18.7 Å². The van der Waals surface area contributed by atoms with Gasteiger partial charge in [-0.25, -0.2) is 8.78 Å². The van der Waals surface area contributed by atoms with Crippen molar-refractivity contribution in [2.75, 3.05) is 26.7 Å². The van der Waals surface area contributed by atoms with Gasteiger partial charge in [0.2, 0.25) is 0 Å². The molecule has 5 nitrogen and oxygen atoms in total. The SMILES string of the molecule is CN[C@H]1CC2(CCN(C(=O)c3cc(F)ccc3F)CC2)OC[C@]1(C)O. The Labute approximate surface area is 146 Å². The number of halogens is 2. The van der Waals surface area contributed by atoms with Crippen molar-refractivity contribution in [3.8, 4) is 0 Å². The van der Waals surface area contributed by atoms with Crippen LogP contribution in [0.4, 0.5) is 8.78 Å². The van der Waals surface area contributed by atoms with Crippen LogP contribution in [0.5, 0.6) is 0 Å². The minimum absolute atomic E-state index is 0.0934. The van der Waals surface area contributed by atoms with Gasteiger partial charge >= 0.3 is 0 Å². The van der Waals surface area contributed by atoms with Crippen LogP contribution in [0.3, 0.4) is 0 Å². The number of aliphatic hydroxyl groups is 1. The van der Waals surface area contributed by atoms with Crippen molar-refractivity contribution in [3.05, 3.63) is 35.4 Å². The first-order valence-corrected chi connectivity index (χ1v) is 8.54. The largest absolute Gasteiger partial charge is 0.386 e. The van der Waals surface area contributed by atoms with E-state index in [0.717, 1.165) is 18.2 Å². The van der Waals surface area contributed by atoms with Crippen LogP contribution in [0, 0.1) is 11.6 Å². The average Bonchev–Trinajstić information content (AvgIpc) is 2.59. The van der Waals surface area contributed by atoms with Crippen LogP contribution in [-0.2, 0) is 4.74 Å². The van der Waals surface area contributed by atoms with Crippen molar-refractivity contribution in [2.45, 2.75) is 43.4 Å². The Bertz CT molecular complexity index is 658. The van der Waals surface area contributed by atoms with E-state index in [2.05, 4.69) is 5.32 Å². The van der Waals surface area contributed by atoms with Crippen molar-refractivity contribution in [1.29, 1.82) is 0 Å². The third-order valence-corrected chi connectivity index (χ3v) is 5.47. The number of carbonyl (C=O) groups excluding carboxylic acids is 1. The number of amides is 1. The molecule has 1 aromatic carbocycles. The van der Waals surface area contributed by atoms with Crippen molar-refractivity contribution in [2.24, 2.45) is 0 Å². The Morgan fingerprint density at radius 2 is 2.04 bits per heavy atom.